The number of carbonyl (C=O) groups is 3. The Balaban J connectivity index is 1.60. The highest BCUT2D eigenvalue weighted by Gasteiger charge is 2.33. The fourth-order valence-electron chi connectivity index (χ4n) is 3.47. The number of ether oxygens (including phenoxy) is 2. The lowest BCUT2D eigenvalue weighted by molar-refractivity contribution is -0.119. The standard InChI is InChI=1S/C21H29FN4O5/c1-14(27)23-12-16-13-26(20(29)30-16)15-5-6-18(17(22)11-15)24-7-9-25(10-8-24)19(28)31-21(2,3)4/h5-6,11,16H,7-10,12-13H2,1-4H3,(H,23,27)/t16-/m1/s1. The molecule has 31 heavy (non-hydrogen) atoms. The van der Waals surface area contributed by atoms with Crippen molar-refractivity contribution >= 4 is 29.5 Å². The van der Waals surface area contributed by atoms with Crippen molar-refractivity contribution in [2.24, 2.45) is 0 Å². The quantitative estimate of drug-likeness (QED) is 0.779. The van der Waals surface area contributed by atoms with E-state index in [4.69, 9.17) is 9.47 Å². The first-order chi connectivity index (χ1) is 14.5. The van der Waals surface area contributed by atoms with Gasteiger partial charge in [0.05, 0.1) is 24.5 Å². The number of nitrogens with one attached hydrogen (secondary N) is 1. The van der Waals surface area contributed by atoms with E-state index in [2.05, 4.69) is 5.32 Å². The number of amides is 3. The van der Waals surface area contributed by atoms with E-state index in [1.165, 1.54) is 17.9 Å². The zero-order valence-electron chi connectivity index (χ0n) is 18.3. The fourth-order valence-corrected chi connectivity index (χ4v) is 3.47. The summed E-state index contributed by atoms with van der Waals surface area (Å²) >= 11 is 0. The predicted octanol–water partition coefficient (Wildman–Crippen LogP) is 2.34. The number of carbonyl (C=O) groups excluding carboxylic acids is 3. The second kappa shape index (κ2) is 8.99. The lowest BCUT2D eigenvalue weighted by Crippen LogP contribution is -2.50. The number of cyclic esters (lactones) is 1. The van der Waals surface area contributed by atoms with Crippen LogP contribution in [0, 0.1) is 5.82 Å². The Hall–Kier alpha value is -3.04. The normalized spacial score (nSPS) is 19.3. The smallest absolute Gasteiger partial charge is 0.414 e. The number of piperazine rings is 1. The number of halogens is 1. The van der Waals surface area contributed by atoms with Crippen LogP contribution in [0.2, 0.25) is 0 Å². The fraction of sp³-hybridized carbons (Fsp3) is 0.571. The average Bonchev–Trinajstić information content (AvgIpc) is 3.06. The predicted molar refractivity (Wildman–Crippen MR) is 113 cm³/mol. The van der Waals surface area contributed by atoms with Crippen molar-refractivity contribution in [3.8, 4) is 0 Å². The van der Waals surface area contributed by atoms with Gasteiger partial charge in [-0.3, -0.25) is 9.69 Å². The van der Waals surface area contributed by atoms with E-state index < -0.39 is 23.6 Å². The van der Waals surface area contributed by atoms with Crippen molar-refractivity contribution < 1.29 is 28.2 Å². The van der Waals surface area contributed by atoms with Gasteiger partial charge in [0.15, 0.2) is 0 Å². The van der Waals surface area contributed by atoms with Gasteiger partial charge in [0.25, 0.3) is 0 Å². The van der Waals surface area contributed by atoms with Crippen LogP contribution in [0.4, 0.5) is 25.4 Å². The van der Waals surface area contributed by atoms with Gasteiger partial charge in [-0.1, -0.05) is 0 Å². The summed E-state index contributed by atoms with van der Waals surface area (Å²) in [6.45, 7) is 9.07. The monoisotopic (exact) mass is 436 g/mol. The molecule has 2 saturated heterocycles. The van der Waals surface area contributed by atoms with Crippen LogP contribution in [0.1, 0.15) is 27.7 Å². The third-order valence-electron chi connectivity index (χ3n) is 4.97. The molecule has 1 N–H and O–H groups in total. The van der Waals surface area contributed by atoms with Crippen molar-refractivity contribution in [3.05, 3.63) is 24.0 Å². The topological polar surface area (TPSA) is 91.4 Å². The molecule has 2 fully saturated rings. The average molecular weight is 436 g/mol. The lowest BCUT2D eigenvalue weighted by Gasteiger charge is -2.37. The van der Waals surface area contributed by atoms with Gasteiger partial charge in [-0.2, -0.15) is 0 Å². The zero-order chi connectivity index (χ0) is 22.8. The Morgan fingerprint density at radius 1 is 1.23 bits per heavy atom. The third-order valence-corrected chi connectivity index (χ3v) is 4.97. The molecule has 1 aromatic rings. The van der Waals surface area contributed by atoms with Crippen molar-refractivity contribution in [2.45, 2.75) is 39.4 Å². The van der Waals surface area contributed by atoms with Crippen LogP contribution in [-0.2, 0) is 14.3 Å². The number of hydrogen-bond donors (Lipinski definition) is 1. The summed E-state index contributed by atoms with van der Waals surface area (Å²) in [4.78, 5) is 40.2. The van der Waals surface area contributed by atoms with Crippen LogP contribution in [0.5, 0.6) is 0 Å². The molecule has 0 bridgehead atoms. The first-order valence-corrected chi connectivity index (χ1v) is 10.3. The molecule has 3 rings (SSSR count). The van der Waals surface area contributed by atoms with Crippen LogP contribution in [0.3, 0.4) is 0 Å². The van der Waals surface area contributed by atoms with E-state index in [1.54, 1.807) is 17.0 Å². The van der Waals surface area contributed by atoms with Crippen LogP contribution < -0.4 is 15.1 Å². The molecule has 170 valence electrons. The molecule has 0 unspecified atom stereocenters. The SMILES string of the molecule is CC(=O)NC[C@@H]1CN(c2ccc(N3CCN(C(=O)OC(C)(C)C)CC3)c(F)c2)C(=O)O1. The molecule has 1 atom stereocenters. The molecule has 9 nitrogen and oxygen atoms in total. The second-order valence-electron chi connectivity index (χ2n) is 8.64. The van der Waals surface area contributed by atoms with Gasteiger partial charge in [0, 0.05) is 33.1 Å². The minimum atomic E-state index is -0.575. The Bertz CT molecular complexity index is 849. The van der Waals surface area contributed by atoms with Gasteiger partial charge in [0.2, 0.25) is 5.91 Å². The molecule has 2 aliphatic heterocycles. The minimum absolute atomic E-state index is 0.208. The summed E-state index contributed by atoms with van der Waals surface area (Å²) in [5, 5.41) is 2.61. The zero-order valence-corrected chi connectivity index (χ0v) is 18.3. The summed E-state index contributed by atoms with van der Waals surface area (Å²) < 4.78 is 25.5. The highest BCUT2D eigenvalue weighted by atomic mass is 19.1. The first kappa shape index (κ1) is 22.6. The van der Waals surface area contributed by atoms with Gasteiger partial charge in [-0.15, -0.1) is 0 Å². The summed E-state index contributed by atoms with van der Waals surface area (Å²) in [5.41, 5.74) is 0.243. The van der Waals surface area contributed by atoms with Crippen LogP contribution in [0.25, 0.3) is 0 Å². The molecule has 10 heteroatoms. The second-order valence-corrected chi connectivity index (χ2v) is 8.64. The summed E-state index contributed by atoms with van der Waals surface area (Å²) in [6, 6.07) is 4.60. The van der Waals surface area contributed by atoms with Gasteiger partial charge in [0.1, 0.15) is 17.5 Å². The molecule has 2 aliphatic rings. The molecule has 0 aromatic heterocycles. The summed E-state index contributed by atoms with van der Waals surface area (Å²) in [6.07, 6.45) is -1.43. The molecule has 0 aliphatic carbocycles. The number of nitrogens with zero attached hydrogens (tertiary/aromatic N) is 3. The van der Waals surface area contributed by atoms with Crippen molar-refractivity contribution in [1.82, 2.24) is 10.2 Å². The maximum absolute atomic E-state index is 14.9. The molecule has 0 spiro atoms. The van der Waals surface area contributed by atoms with Crippen LogP contribution >= 0.6 is 0 Å². The summed E-state index contributed by atoms with van der Waals surface area (Å²) in [5.74, 6) is -0.669. The summed E-state index contributed by atoms with van der Waals surface area (Å²) in [7, 11) is 0. The third kappa shape index (κ3) is 5.77. The van der Waals surface area contributed by atoms with E-state index in [-0.39, 0.29) is 25.1 Å². The number of rotatable bonds is 4. The van der Waals surface area contributed by atoms with E-state index >= 15 is 0 Å². The van der Waals surface area contributed by atoms with E-state index in [0.29, 0.717) is 37.6 Å². The van der Waals surface area contributed by atoms with E-state index in [9.17, 15) is 18.8 Å². The Morgan fingerprint density at radius 2 is 1.90 bits per heavy atom. The molecule has 2 heterocycles. The van der Waals surface area contributed by atoms with E-state index in [0.717, 1.165) is 0 Å². The molecule has 0 radical (unpaired) electrons. The van der Waals surface area contributed by atoms with Gasteiger partial charge < -0.3 is 24.6 Å². The minimum Gasteiger partial charge on any atom is -0.444 e. The largest absolute Gasteiger partial charge is 0.444 e. The van der Waals surface area contributed by atoms with Crippen LogP contribution in [-0.4, -0.2) is 74.0 Å². The maximum atomic E-state index is 14.9. The van der Waals surface area contributed by atoms with E-state index in [1.807, 2.05) is 25.7 Å². The number of benzene rings is 1. The highest BCUT2D eigenvalue weighted by Crippen LogP contribution is 2.28. The molecular formula is C21H29FN4O5. The Labute approximate surface area is 181 Å². The van der Waals surface area contributed by atoms with Gasteiger partial charge >= 0.3 is 12.2 Å². The van der Waals surface area contributed by atoms with Crippen molar-refractivity contribution in [3.63, 3.8) is 0 Å². The number of anilines is 2. The van der Waals surface area contributed by atoms with Crippen LogP contribution in [0.15, 0.2) is 18.2 Å². The van der Waals surface area contributed by atoms with Gasteiger partial charge in [-0.05, 0) is 39.0 Å². The number of hydrogen-bond acceptors (Lipinski definition) is 6. The van der Waals surface area contributed by atoms with Crippen molar-refractivity contribution in [1.29, 1.82) is 0 Å². The first-order valence-electron chi connectivity index (χ1n) is 10.3. The van der Waals surface area contributed by atoms with Crippen molar-refractivity contribution in [2.75, 3.05) is 49.1 Å². The highest BCUT2D eigenvalue weighted by molar-refractivity contribution is 5.90. The molecule has 3 amide bonds. The Kier molecular flexibility index (Phi) is 6.56. The molecular weight excluding hydrogens is 407 g/mol. The molecule has 1 aromatic carbocycles. The van der Waals surface area contributed by atoms with Gasteiger partial charge in [-0.25, -0.2) is 14.0 Å². The Morgan fingerprint density at radius 3 is 2.48 bits per heavy atom. The molecule has 0 saturated carbocycles. The maximum Gasteiger partial charge on any atom is 0.414 e. The lowest BCUT2D eigenvalue weighted by atomic mass is 10.2.